The van der Waals surface area contributed by atoms with Crippen molar-refractivity contribution in [1.82, 2.24) is 16.0 Å². The number of carboxylic acid groups (broad SMARTS) is 1. The van der Waals surface area contributed by atoms with Crippen molar-refractivity contribution in [1.29, 1.82) is 0 Å². The summed E-state index contributed by atoms with van der Waals surface area (Å²) in [5, 5.41) is 25.1. The molecule has 15 nitrogen and oxygen atoms in total. The van der Waals surface area contributed by atoms with Gasteiger partial charge in [0, 0.05) is 6.42 Å². The highest BCUT2D eigenvalue weighted by Gasteiger charge is 2.30. The van der Waals surface area contributed by atoms with Crippen molar-refractivity contribution in [3.63, 3.8) is 0 Å². The van der Waals surface area contributed by atoms with E-state index in [0.29, 0.717) is 25.8 Å². The normalized spacial score (nSPS) is 14.3. The molecule has 0 fully saturated rings. The Hall–Kier alpha value is -3.30. The molecule has 4 unspecified atom stereocenters. The van der Waals surface area contributed by atoms with E-state index in [-0.39, 0.29) is 12.8 Å². The number of aliphatic carboxylic acids is 1. The SMILES string of the molecule is NCCCCC(N)C(=O)NC(CO)C(=O)NC(CCC(N)=O)C(=O)NC(CC(N)=O)C(=O)O. The molecular weight excluding hydrogens is 442 g/mol. The Balaban J connectivity index is 5.27. The minimum atomic E-state index is -1.68. The highest BCUT2D eigenvalue weighted by molar-refractivity contribution is 5.95. The molecule has 0 aromatic heterocycles. The molecule has 5 amide bonds. The highest BCUT2D eigenvalue weighted by atomic mass is 16.4. The van der Waals surface area contributed by atoms with Crippen LogP contribution in [-0.4, -0.2) is 83.0 Å². The van der Waals surface area contributed by atoms with Crippen LogP contribution in [0.4, 0.5) is 0 Å². The largest absolute Gasteiger partial charge is 0.480 e. The van der Waals surface area contributed by atoms with Gasteiger partial charge >= 0.3 is 5.97 Å². The summed E-state index contributed by atoms with van der Waals surface area (Å²) in [7, 11) is 0. The molecule has 0 bridgehead atoms. The van der Waals surface area contributed by atoms with Gasteiger partial charge in [0.15, 0.2) is 0 Å². The Morgan fingerprint density at radius 3 is 1.79 bits per heavy atom. The van der Waals surface area contributed by atoms with Crippen LogP contribution in [0.15, 0.2) is 0 Å². The third kappa shape index (κ3) is 12.4. The standard InChI is InChI=1S/C18H33N7O8/c19-6-2-1-3-9(20)15(29)25-12(8-26)17(31)23-10(4-5-13(21)27)16(30)24-11(18(32)33)7-14(22)28/h9-12,26H,1-8,19-20H2,(H2,21,27)(H2,22,28)(H,23,31)(H,24,30)(H,25,29)(H,32,33). The molecule has 0 aromatic carbocycles. The zero-order valence-electron chi connectivity index (χ0n) is 18.1. The summed E-state index contributed by atoms with van der Waals surface area (Å²) in [4.78, 5) is 70.5. The van der Waals surface area contributed by atoms with Gasteiger partial charge < -0.3 is 49.1 Å². The van der Waals surface area contributed by atoms with Crippen molar-refractivity contribution in [3.05, 3.63) is 0 Å². The van der Waals surface area contributed by atoms with Gasteiger partial charge in [0.2, 0.25) is 29.5 Å². The molecule has 0 radical (unpaired) electrons. The molecule has 0 rings (SSSR count). The Bertz CT molecular complexity index is 718. The van der Waals surface area contributed by atoms with Crippen LogP contribution < -0.4 is 38.9 Å². The van der Waals surface area contributed by atoms with Crippen molar-refractivity contribution in [2.75, 3.05) is 13.2 Å². The smallest absolute Gasteiger partial charge is 0.326 e. The Labute approximate surface area is 190 Å². The topological polar surface area (TPSA) is 283 Å². The van der Waals surface area contributed by atoms with Crippen LogP contribution in [0.3, 0.4) is 0 Å². The monoisotopic (exact) mass is 475 g/mol. The number of hydrogen-bond acceptors (Lipinski definition) is 9. The van der Waals surface area contributed by atoms with Gasteiger partial charge in [-0.2, -0.15) is 0 Å². The van der Waals surface area contributed by atoms with E-state index in [1.54, 1.807) is 0 Å². The van der Waals surface area contributed by atoms with E-state index >= 15 is 0 Å². The quantitative estimate of drug-likeness (QED) is 0.0903. The van der Waals surface area contributed by atoms with E-state index in [0.717, 1.165) is 0 Å². The third-order valence-corrected chi connectivity index (χ3v) is 4.45. The van der Waals surface area contributed by atoms with E-state index in [1.165, 1.54) is 0 Å². The molecule has 0 aromatic rings. The Kier molecular flexibility index (Phi) is 13.9. The number of aliphatic hydroxyl groups is 1. The van der Waals surface area contributed by atoms with Gasteiger partial charge in [-0.15, -0.1) is 0 Å². The number of unbranched alkanes of at least 4 members (excludes halogenated alkanes) is 1. The number of primary amides is 2. The van der Waals surface area contributed by atoms with Gasteiger partial charge in [0.05, 0.1) is 19.1 Å². The molecule has 13 N–H and O–H groups in total. The summed E-state index contributed by atoms with van der Waals surface area (Å²) in [6.45, 7) is -0.413. The number of carbonyl (C=O) groups is 6. The molecule has 0 spiro atoms. The molecular formula is C18H33N7O8. The molecule has 0 saturated carbocycles. The van der Waals surface area contributed by atoms with Crippen molar-refractivity contribution >= 4 is 35.5 Å². The number of nitrogens with two attached hydrogens (primary N) is 4. The third-order valence-electron chi connectivity index (χ3n) is 4.45. The molecule has 33 heavy (non-hydrogen) atoms. The second-order valence-electron chi connectivity index (χ2n) is 7.27. The first-order chi connectivity index (χ1) is 15.4. The van der Waals surface area contributed by atoms with Gasteiger partial charge in [-0.1, -0.05) is 6.42 Å². The number of hydrogen-bond donors (Lipinski definition) is 9. The number of nitrogens with one attached hydrogen (secondary N) is 3. The van der Waals surface area contributed by atoms with Crippen LogP contribution in [0.2, 0.25) is 0 Å². The lowest BCUT2D eigenvalue weighted by Gasteiger charge is -2.24. The zero-order chi connectivity index (χ0) is 25.6. The van der Waals surface area contributed by atoms with Crippen LogP contribution in [0.25, 0.3) is 0 Å². The number of carboxylic acids is 1. The van der Waals surface area contributed by atoms with Crippen LogP contribution in [0.1, 0.15) is 38.5 Å². The predicted molar refractivity (Wildman–Crippen MR) is 114 cm³/mol. The van der Waals surface area contributed by atoms with Gasteiger partial charge in [0.1, 0.15) is 18.1 Å². The maximum atomic E-state index is 12.5. The summed E-state index contributed by atoms with van der Waals surface area (Å²) < 4.78 is 0. The molecule has 0 aliphatic rings. The Morgan fingerprint density at radius 1 is 0.758 bits per heavy atom. The fourth-order valence-corrected chi connectivity index (χ4v) is 2.61. The second kappa shape index (κ2) is 15.5. The van der Waals surface area contributed by atoms with E-state index in [2.05, 4.69) is 10.6 Å². The molecule has 4 atom stereocenters. The first-order valence-electron chi connectivity index (χ1n) is 10.2. The van der Waals surface area contributed by atoms with Crippen molar-refractivity contribution < 1.29 is 39.0 Å². The highest BCUT2D eigenvalue weighted by Crippen LogP contribution is 2.03. The van der Waals surface area contributed by atoms with Crippen LogP contribution in [0.5, 0.6) is 0 Å². The minimum Gasteiger partial charge on any atom is -0.480 e. The van der Waals surface area contributed by atoms with Crippen LogP contribution >= 0.6 is 0 Å². The average Bonchev–Trinajstić information content (AvgIpc) is 2.73. The van der Waals surface area contributed by atoms with Gasteiger partial charge in [0.25, 0.3) is 0 Å². The van der Waals surface area contributed by atoms with Crippen molar-refractivity contribution in [2.24, 2.45) is 22.9 Å². The van der Waals surface area contributed by atoms with Gasteiger partial charge in [-0.05, 0) is 25.8 Å². The summed E-state index contributed by atoms with van der Waals surface area (Å²) in [6, 6.07) is -5.59. The summed E-state index contributed by atoms with van der Waals surface area (Å²) >= 11 is 0. The summed E-state index contributed by atoms with van der Waals surface area (Å²) in [5.41, 5.74) is 21.1. The fourth-order valence-electron chi connectivity index (χ4n) is 2.61. The lowest BCUT2D eigenvalue weighted by molar-refractivity contribution is -0.144. The first-order valence-corrected chi connectivity index (χ1v) is 10.2. The van der Waals surface area contributed by atoms with Crippen molar-refractivity contribution in [3.8, 4) is 0 Å². The summed E-state index contributed by atoms with van der Waals surface area (Å²) in [6.07, 6.45) is 0.132. The minimum absolute atomic E-state index is 0.295. The first kappa shape index (κ1) is 29.7. The fraction of sp³-hybridized carbons (Fsp3) is 0.667. The predicted octanol–water partition coefficient (Wildman–Crippen LogP) is -4.89. The van der Waals surface area contributed by atoms with E-state index in [1.807, 2.05) is 5.32 Å². The second-order valence-corrected chi connectivity index (χ2v) is 7.27. The van der Waals surface area contributed by atoms with E-state index in [4.69, 9.17) is 28.0 Å². The maximum absolute atomic E-state index is 12.5. The molecule has 188 valence electrons. The number of rotatable bonds is 17. The van der Waals surface area contributed by atoms with Gasteiger partial charge in [-0.25, -0.2) is 4.79 Å². The Morgan fingerprint density at radius 2 is 1.30 bits per heavy atom. The zero-order valence-corrected chi connectivity index (χ0v) is 18.1. The molecule has 15 heteroatoms. The van der Waals surface area contributed by atoms with Crippen LogP contribution in [0, 0.1) is 0 Å². The van der Waals surface area contributed by atoms with Crippen molar-refractivity contribution in [2.45, 2.75) is 62.7 Å². The molecule has 0 heterocycles. The van der Waals surface area contributed by atoms with E-state index < -0.39 is 72.7 Å². The van der Waals surface area contributed by atoms with E-state index in [9.17, 15) is 33.9 Å². The van der Waals surface area contributed by atoms with Gasteiger partial charge in [-0.3, -0.25) is 24.0 Å². The number of carbonyl (C=O) groups excluding carboxylic acids is 5. The molecule has 0 saturated heterocycles. The summed E-state index contributed by atoms with van der Waals surface area (Å²) in [5.74, 6) is -6.10. The lowest BCUT2D eigenvalue weighted by atomic mass is 10.1. The van der Waals surface area contributed by atoms with Crippen LogP contribution in [-0.2, 0) is 28.8 Å². The number of amides is 5. The maximum Gasteiger partial charge on any atom is 0.326 e. The molecule has 0 aliphatic heterocycles. The average molecular weight is 476 g/mol. The molecule has 0 aliphatic carbocycles. The number of aliphatic hydroxyl groups excluding tert-OH is 1. The lowest BCUT2D eigenvalue weighted by Crippen LogP contribution is -2.58.